The highest BCUT2D eigenvalue weighted by Crippen LogP contribution is 2.10. The highest BCUT2D eigenvalue weighted by Gasteiger charge is 2.35. The fraction of sp³-hybridized carbons (Fsp3) is 0.444. The Balaban J connectivity index is 2.58. The van der Waals surface area contributed by atoms with Crippen LogP contribution in [0.4, 0.5) is 0 Å². The highest BCUT2D eigenvalue weighted by molar-refractivity contribution is 6.13. The molecule has 1 aliphatic heterocycles. The third-order valence-corrected chi connectivity index (χ3v) is 1.79. The summed E-state index contributed by atoms with van der Waals surface area (Å²) in [5.41, 5.74) is 0.920. The van der Waals surface area contributed by atoms with E-state index in [9.17, 15) is 14.4 Å². The zero-order valence-corrected chi connectivity index (χ0v) is 8.09. The monoisotopic (exact) mass is 196 g/mol. The van der Waals surface area contributed by atoms with E-state index >= 15 is 0 Å². The van der Waals surface area contributed by atoms with E-state index in [-0.39, 0.29) is 6.42 Å². The van der Waals surface area contributed by atoms with Gasteiger partial charge in [0, 0.05) is 12.6 Å². The minimum absolute atomic E-state index is 0.0543. The second-order valence-corrected chi connectivity index (χ2v) is 3.40. The van der Waals surface area contributed by atoms with Crippen molar-refractivity contribution < 1.29 is 14.4 Å². The first-order chi connectivity index (χ1) is 6.50. The zero-order chi connectivity index (χ0) is 10.7. The van der Waals surface area contributed by atoms with Crippen molar-refractivity contribution in [2.45, 2.75) is 20.3 Å². The molecule has 1 fully saturated rings. The van der Waals surface area contributed by atoms with Crippen molar-refractivity contribution in [3.8, 4) is 0 Å². The van der Waals surface area contributed by atoms with Gasteiger partial charge >= 0.3 is 0 Å². The van der Waals surface area contributed by atoms with E-state index in [1.54, 1.807) is 0 Å². The molecule has 1 atom stereocenters. The Morgan fingerprint density at radius 1 is 1.50 bits per heavy atom. The molecule has 1 rings (SSSR count). The molecule has 0 spiro atoms. The third kappa shape index (κ3) is 2.42. The van der Waals surface area contributed by atoms with Gasteiger partial charge in [-0.3, -0.25) is 19.7 Å². The normalized spacial score (nSPS) is 20.3. The fourth-order valence-corrected chi connectivity index (χ4v) is 1.08. The van der Waals surface area contributed by atoms with E-state index in [0.717, 1.165) is 5.57 Å². The van der Waals surface area contributed by atoms with Crippen LogP contribution in [-0.4, -0.2) is 17.7 Å². The molecule has 1 heterocycles. The first-order valence-electron chi connectivity index (χ1n) is 4.28. The van der Waals surface area contributed by atoms with Crippen molar-refractivity contribution in [2.75, 3.05) is 0 Å². The number of nitrogens with one attached hydrogen (secondary N) is 2. The Labute approximate surface area is 81.5 Å². The van der Waals surface area contributed by atoms with E-state index in [2.05, 4.69) is 10.6 Å². The lowest BCUT2D eigenvalue weighted by Gasteiger charge is -2.03. The first kappa shape index (κ1) is 10.4. The van der Waals surface area contributed by atoms with Crippen LogP contribution in [0.25, 0.3) is 0 Å². The van der Waals surface area contributed by atoms with Gasteiger partial charge in [0.15, 0.2) is 0 Å². The number of carbonyl (C=O) groups excluding carboxylic acids is 3. The van der Waals surface area contributed by atoms with Gasteiger partial charge < -0.3 is 5.32 Å². The Hall–Kier alpha value is -1.65. The minimum atomic E-state index is -0.877. The Kier molecular flexibility index (Phi) is 3.01. The molecular weight excluding hydrogens is 184 g/mol. The van der Waals surface area contributed by atoms with Crippen LogP contribution < -0.4 is 10.6 Å². The third-order valence-electron chi connectivity index (χ3n) is 1.79. The van der Waals surface area contributed by atoms with Gasteiger partial charge in [-0.25, -0.2) is 0 Å². The summed E-state index contributed by atoms with van der Waals surface area (Å²) in [6, 6.07) is 0. The van der Waals surface area contributed by atoms with Crippen LogP contribution in [-0.2, 0) is 14.4 Å². The summed E-state index contributed by atoms with van der Waals surface area (Å²) in [7, 11) is 0. The molecule has 2 N–H and O–H groups in total. The van der Waals surface area contributed by atoms with Crippen molar-refractivity contribution in [2.24, 2.45) is 5.92 Å². The Morgan fingerprint density at radius 3 is 2.57 bits per heavy atom. The highest BCUT2D eigenvalue weighted by atomic mass is 16.2. The molecule has 0 aromatic rings. The maximum absolute atomic E-state index is 11.3. The molecule has 14 heavy (non-hydrogen) atoms. The quantitative estimate of drug-likeness (QED) is 0.470. The van der Waals surface area contributed by atoms with Gasteiger partial charge in [-0.2, -0.15) is 0 Å². The number of imide groups is 1. The van der Waals surface area contributed by atoms with Crippen molar-refractivity contribution in [1.82, 2.24) is 10.6 Å². The maximum atomic E-state index is 11.3. The van der Waals surface area contributed by atoms with Gasteiger partial charge in [0.2, 0.25) is 17.7 Å². The molecule has 0 aliphatic carbocycles. The number of carbonyl (C=O) groups is 3. The predicted molar refractivity (Wildman–Crippen MR) is 48.8 cm³/mol. The van der Waals surface area contributed by atoms with E-state index in [0.29, 0.717) is 0 Å². The summed E-state index contributed by atoms with van der Waals surface area (Å²) in [5.74, 6) is -2.23. The van der Waals surface area contributed by atoms with Crippen LogP contribution in [0.5, 0.6) is 0 Å². The standard InChI is InChI=1S/C9H12N2O3/c1-5(2)4-10-8(13)6-3-7(12)11-9(6)14/h4,6H,3H2,1-2H3,(H,10,13)(H,11,12,14). The van der Waals surface area contributed by atoms with Crippen molar-refractivity contribution in [1.29, 1.82) is 0 Å². The Bertz CT molecular complexity index is 316. The SMILES string of the molecule is CC(C)=CNC(=O)C1CC(=O)NC1=O. The van der Waals surface area contributed by atoms with E-state index < -0.39 is 23.6 Å². The van der Waals surface area contributed by atoms with Gasteiger partial charge in [-0.1, -0.05) is 5.57 Å². The van der Waals surface area contributed by atoms with E-state index in [4.69, 9.17) is 0 Å². The molecular formula is C9H12N2O3. The molecule has 0 saturated carbocycles. The lowest BCUT2D eigenvalue weighted by atomic mass is 10.1. The summed E-state index contributed by atoms with van der Waals surface area (Å²) in [6.07, 6.45) is 1.46. The molecule has 0 aromatic carbocycles. The minimum Gasteiger partial charge on any atom is -0.332 e. The van der Waals surface area contributed by atoms with Gasteiger partial charge in [-0.15, -0.1) is 0 Å². The molecule has 0 radical (unpaired) electrons. The van der Waals surface area contributed by atoms with Crippen LogP contribution in [0, 0.1) is 5.92 Å². The van der Waals surface area contributed by atoms with Crippen molar-refractivity contribution in [3.05, 3.63) is 11.8 Å². The molecule has 1 saturated heterocycles. The summed E-state index contributed by atoms with van der Waals surface area (Å²) in [5, 5.41) is 4.54. The lowest BCUT2D eigenvalue weighted by molar-refractivity contribution is -0.132. The van der Waals surface area contributed by atoms with Crippen molar-refractivity contribution in [3.63, 3.8) is 0 Å². The zero-order valence-electron chi connectivity index (χ0n) is 8.09. The van der Waals surface area contributed by atoms with Gasteiger partial charge in [-0.05, 0) is 13.8 Å². The molecule has 5 nitrogen and oxygen atoms in total. The van der Waals surface area contributed by atoms with Crippen LogP contribution >= 0.6 is 0 Å². The van der Waals surface area contributed by atoms with Crippen LogP contribution in [0.15, 0.2) is 11.8 Å². The Morgan fingerprint density at radius 2 is 2.14 bits per heavy atom. The first-order valence-corrected chi connectivity index (χ1v) is 4.28. The molecule has 0 bridgehead atoms. The molecule has 3 amide bonds. The van der Waals surface area contributed by atoms with Gasteiger partial charge in [0.25, 0.3) is 0 Å². The number of rotatable bonds is 2. The molecule has 1 aliphatic rings. The van der Waals surface area contributed by atoms with Crippen molar-refractivity contribution >= 4 is 17.7 Å². The number of amides is 3. The summed E-state index contributed by atoms with van der Waals surface area (Å²) < 4.78 is 0. The average Bonchev–Trinajstić information content (AvgIpc) is 2.41. The molecule has 0 aromatic heterocycles. The number of hydrogen-bond donors (Lipinski definition) is 2. The smallest absolute Gasteiger partial charge is 0.239 e. The predicted octanol–water partition coefficient (Wildman–Crippen LogP) is -0.311. The lowest BCUT2D eigenvalue weighted by Crippen LogP contribution is -2.32. The van der Waals surface area contributed by atoms with E-state index in [1.807, 2.05) is 13.8 Å². The maximum Gasteiger partial charge on any atom is 0.239 e. The molecule has 76 valence electrons. The number of allylic oxidation sites excluding steroid dienone is 1. The average molecular weight is 196 g/mol. The summed E-state index contributed by atoms with van der Waals surface area (Å²) >= 11 is 0. The number of hydrogen-bond acceptors (Lipinski definition) is 3. The molecule has 1 unspecified atom stereocenters. The van der Waals surface area contributed by atoms with Crippen LogP contribution in [0.3, 0.4) is 0 Å². The second-order valence-electron chi connectivity index (χ2n) is 3.40. The largest absolute Gasteiger partial charge is 0.332 e. The summed E-state index contributed by atoms with van der Waals surface area (Å²) in [6.45, 7) is 3.64. The second kappa shape index (κ2) is 4.04. The van der Waals surface area contributed by atoms with Crippen LogP contribution in [0.1, 0.15) is 20.3 Å². The van der Waals surface area contributed by atoms with Crippen LogP contribution in [0.2, 0.25) is 0 Å². The molecule has 5 heteroatoms. The van der Waals surface area contributed by atoms with Gasteiger partial charge in [0.1, 0.15) is 5.92 Å². The topological polar surface area (TPSA) is 75.3 Å². The van der Waals surface area contributed by atoms with Gasteiger partial charge in [0.05, 0.1) is 0 Å². The van der Waals surface area contributed by atoms with E-state index in [1.165, 1.54) is 6.20 Å². The fourth-order valence-electron chi connectivity index (χ4n) is 1.08. The summed E-state index contributed by atoms with van der Waals surface area (Å²) in [4.78, 5) is 33.2.